The highest BCUT2D eigenvalue weighted by molar-refractivity contribution is 5.82. The van der Waals surface area contributed by atoms with Crippen molar-refractivity contribution in [3.63, 3.8) is 0 Å². The molecule has 2 unspecified atom stereocenters. The molecule has 2 N–H and O–H groups in total. The number of nitrogens with two attached hydrogens (primary N) is 1. The van der Waals surface area contributed by atoms with E-state index in [0.717, 1.165) is 5.82 Å². The molecule has 0 saturated carbocycles. The van der Waals surface area contributed by atoms with Crippen LogP contribution in [0.5, 0.6) is 0 Å². The summed E-state index contributed by atoms with van der Waals surface area (Å²) in [6, 6.07) is -0.0947. The van der Waals surface area contributed by atoms with Crippen molar-refractivity contribution in [3.05, 3.63) is 18.2 Å². The highest BCUT2D eigenvalue weighted by Gasteiger charge is 2.18. The molecule has 1 aromatic heterocycles. The number of carbonyl (C=O) groups is 1. The molecular weight excluding hydrogens is 178 g/mol. The van der Waals surface area contributed by atoms with E-state index in [2.05, 4.69) is 4.98 Å². The first kappa shape index (κ1) is 10.9. The molecule has 0 fully saturated rings. The summed E-state index contributed by atoms with van der Waals surface area (Å²) >= 11 is 0. The van der Waals surface area contributed by atoms with E-state index < -0.39 is 0 Å². The maximum absolute atomic E-state index is 11.7. The van der Waals surface area contributed by atoms with Crippen LogP contribution in [0.15, 0.2) is 12.4 Å². The standard InChI is InChI=1S/C10H17N3O/c1-7(8(2)11)9(14)6-10-12-4-5-13(10)3/h4-5,7-8H,6,11H2,1-3H3. The van der Waals surface area contributed by atoms with E-state index in [1.165, 1.54) is 0 Å². The largest absolute Gasteiger partial charge is 0.338 e. The lowest BCUT2D eigenvalue weighted by Gasteiger charge is -2.13. The molecule has 1 aromatic rings. The Morgan fingerprint density at radius 1 is 1.64 bits per heavy atom. The van der Waals surface area contributed by atoms with Gasteiger partial charge >= 0.3 is 0 Å². The van der Waals surface area contributed by atoms with Gasteiger partial charge in [0.25, 0.3) is 0 Å². The molecule has 0 aromatic carbocycles. The summed E-state index contributed by atoms with van der Waals surface area (Å²) in [5.41, 5.74) is 5.66. The Kier molecular flexibility index (Phi) is 3.41. The van der Waals surface area contributed by atoms with Crippen LogP contribution in [0.3, 0.4) is 0 Å². The summed E-state index contributed by atoms with van der Waals surface area (Å²) in [5.74, 6) is 0.837. The van der Waals surface area contributed by atoms with E-state index in [0.29, 0.717) is 6.42 Å². The molecule has 1 rings (SSSR count). The zero-order valence-corrected chi connectivity index (χ0v) is 8.90. The van der Waals surface area contributed by atoms with Gasteiger partial charge in [-0.3, -0.25) is 4.79 Å². The summed E-state index contributed by atoms with van der Waals surface area (Å²) in [6.45, 7) is 3.71. The van der Waals surface area contributed by atoms with Gasteiger partial charge in [-0.15, -0.1) is 0 Å². The van der Waals surface area contributed by atoms with Crippen molar-refractivity contribution >= 4 is 5.78 Å². The minimum atomic E-state index is -0.105. The topological polar surface area (TPSA) is 60.9 Å². The van der Waals surface area contributed by atoms with E-state index in [1.54, 1.807) is 6.20 Å². The summed E-state index contributed by atoms with van der Waals surface area (Å²) in [4.78, 5) is 15.8. The summed E-state index contributed by atoms with van der Waals surface area (Å²) in [6.07, 6.45) is 3.89. The van der Waals surface area contributed by atoms with Crippen molar-refractivity contribution < 1.29 is 4.79 Å². The van der Waals surface area contributed by atoms with Crippen LogP contribution >= 0.6 is 0 Å². The fraction of sp³-hybridized carbons (Fsp3) is 0.600. The number of carbonyl (C=O) groups excluding carboxylic acids is 1. The van der Waals surface area contributed by atoms with E-state index in [1.807, 2.05) is 31.7 Å². The first-order valence-corrected chi connectivity index (χ1v) is 4.77. The number of nitrogens with zero attached hydrogens (tertiary/aromatic N) is 2. The predicted molar refractivity (Wildman–Crippen MR) is 54.7 cm³/mol. The third kappa shape index (κ3) is 2.42. The normalized spacial score (nSPS) is 15.1. The van der Waals surface area contributed by atoms with Crippen LogP contribution in [0.1, 0.15) is 19.7 Å². The predicted octanol–water partition coefficient (Wildman–Crippen LogP) is 0.515. The SMILES string of the molecule is CC(N)C(C)C(=O)Cc1nccn1C. The minimum absolute atomic E-state index is 0.0947. The molecule has 0 aliphatic carbocycles. The fourth-order valence-electron chi connectivity index (χ4n) is 1.18. The van der Waals surface area contributed by atoms with Gasteiger partial charge < -0.3 is 10.3 Å². The molecule has 0 aliphatic heterocycles. The van der Waals surface area contributed by atoms with E-state index >= 15 is 0 Å². The number of Topliss-reactive ketones (excluding diaryl/α,β-unsaturated/α-hetero) is 1. The van der Waals surface area contributed by atoms with Gasteiger partial charge in [-0.1, -0.05) is 6.92 Å². The van der Waals surface area contributed by atoms with E-state index in [9.17, 15) is 4.79 Å². The molecule has 4 nitrogen and oxygen atoms in total. The Labute approximate surface area is 84.1 Å². The van der Waals surface area contributed by atoms with Crippen LogP contribution in [0.2, 0.25) is 0 Å². The lowest BCUT2D eigenvalue weighted by molar-refractivity contribution is -0.122. The van der Waals surface area contributed by atoms with Crippen LogP contribution in [-0.2, 0) is 18.3 Å². The Morgan fingerprint density at radius 3 is 2.71 bits per heavy atom. The van der Waals surface area contributed by atoms with Crippen LogP contribution < -0.4 is 5.73 Å². The smallest absolute Gasteiger partial charge is 0.144 e. The number of aromatic nitrogens is 2. The Hall–Kier alpha value is -1.16. The number of hydrogen-bond acceptors (Lipinski definition) is 3. The van der Waals surface area contributed by atoms with Crippen LogP contribution in [0, 0.1) is 5.92 Å². The molecule has 4 heteroatoms. The lowest BCUT2D eigenvalue weighted by Crippen LogP contribution is -2.31. The van der Waals surface area contributed by atoms with E-state index in [4.69, 9.17) is 5.73 Å². The number of imidazole rings is 1. The fourth-order valence-corrected chi connectivity index (χ4v) is 1.18. The molecule has 2 atom stereocenters. The van der Waals surface area contributed by atoms with Crippen molar-refractivity contribution in [3.8, 4) is 0 Å². The number of rotatable bonds is 4. The zero-order valence-electron chi connectivity index (χ0n) is 8.90. The van der Waals surface area contributed by atoms with Gasteiger partial charge in [0, 0.05) is 31.4 Å². The maximum atomic E-state index is 11.7. The van der Waals surface area contributed by atoms with Crippen molar-refractivity contribution in [2.45, 2.75) is 26.3 Å². The van der Waals surface area contributed by atoms with E-state index in [-0.39, 0.29) is 17.7 Å². The number of aryl methyl sites for hydroxylation is 1. The van der Waals surface area contributed by atoms with Gasteiger partial charge in [0.05, 0.1) is 6.42 Å². The van der Waals surface area contributed by atoms with Gasteiger partial charge in [0.1, 0.15) is 11.6 Å². The molecule has 0 amide bonds. The van der Waals surface area contributed by atoms with Gasteiger partial charge in [-0.25, -0.2) is 4.98 Å². The minimum Gasteiger partial charge on any atom is -0.338 e. The summed E-state index contributed by atoms with van der Waals surface area (Å²) in [5, 5.41) is 0. The maximum Gasteiger partial charge on any atom is 0.144 e. The highest BCUT2D eigenvalue weighted by Crippen LogP contribution is 2.06. The second-order valence-corrected chi connectivity index (χ2v) is 3.75. The molecule has 0 spiro atoms. The lowest BCUT2D eigenvalue weighted by atomic mass is 9.97. The zero-order chi connectivity index (χ0) is 10.7. The Bertz CT molecular complexity index is 317. The van der Waals surface area contributed by atoms with Crippen molar-refractivity contribution in [2.75, 3.05) is 0 Å². The summed E-state index contributed by atoms with van der Waals surface area (Å²) in [7, 11) is 1.88. The van der Waals surface area contributed by atoms with Gasteiger partial charge in [0.15, 0.2) is 0 Å². The molecule has 0 saturated heterocycles. The average molecular weight is 195 g/mol. The molecule has 0 aliphatic rings. The highest BCUT2D eigenvalue weighted by atomic mass is 16.1. The molecule has 78 valence electrons. The van der Waals surface area contributed by atoms with Crippen LogP contribution in [-0.4, -0.2) is 21.4 Å². The second kappa shape index (κ2) is 4.37. The Morgan fingerprint density at radius 2 is 2.29 bits per heavy atom. The molecule has 0 bridgehead atoms. The second-order valence-electron chi connectivity index (χ2n) is 3.75. The number of ketones is 1. The van der Waals surface area contributed by atoms with Crippen molar-refractivity contribution in [1.82, 2.24) is 9.55 Å². The molecule has 0 radical (unpaired) electrons. The quantitative estimate of drug-likeness (QED) is 0.761. The number of hydrogen-bond donors (Lipinski definition) is 1. The average Bonchev–Trinajstić information content (AvgIpc) is 2.50. The molecule has 1 heterocycles. The van der Waals surface area contributed by atoms with Gasteiger partial charge in [-0.05, 0) is 6.92 Å². The third-order valence-corrected chi connectivity index (χ3v) is 2.55. The monoisotopic (exact) mass is 195 g/mol. The van der Waals surface area contributed by atoms with Crippen molar-refractivity contribution in [1.29, 1.82) is 0 Å². The first-order chi connectivity index (χ1) is 6.52. The van der Waals surface area contributed by atoms with Crippen LogP contribution in [0.25, 0.3) is 0 Å². The summed E-state index contributed by atoms with van der Waals surface area (Å²) < 4.78 is 1.85. The van der Waals surface area contributed by atoms with Gasteiger partial charge in [-0.2, -0.15) is 0 Å². The third-order valence-electron chi connectivity index (χ3n) is 2.55. The molecular formula is C10H17N3O. The Balaban J connectivity index is 2.62. The van der Waals surface area contributed by atoms with Crippen molar-refractivity contribution in [2.24, 2.45) is 18.7 Å². The van der Waals surface area contributed by atoms with Crippen LogP contribution in [0.4, 0.5) is 0 Å². The first-order valence-electron chi connectivity index (χ1n) is 4.77. The van der Waals surface area contributed by atoms with Gasteiger partial charge in [0.2, 0.25) is 0 Å². The molecule has 14 heavy (non-hydrogen) atoms.